The first-order valence-corrected chi connectivity index (χ1v) is 12.0. The Labute approximate surface area is 218 Å². The quantitative estimate of drug-likeness (QED) is 0.258. The van der Waals surface area contributed by atoms with Gasteiger partial charge in [-0.3, -0.25) is 0 Å². The second kappa shape index (κ2) is 11.2. The molecule has 0 saturated carbocycles. The van der Waals surface area contributed by atoms with E-state index in [1.54, 1.807) is 36.4 Å². The van der Waals surface area contributed by atoms with Gasteiger partial charge in [0.1, 0.15) is 0 Å². The summed E-state index contributed by atoms with van der Waals surface area (Å²) in [6, 6.07) is 28.0. The molecule has 0 aromatic heterocycles. The molecule has 0 aliphatic heterocycles. The topological polar surface area (TPSA) is 41.1 Å². The first kappa shape index (κ1) is 24.4. The van der Waals surface area contributed by atoms with Crippen LogP contribution < -0.4 is 10.6 Å². The molecule has 2 N–H and O–H groups in total. The summed E-state index contributed by atoms with van der Waals surface area (Å²) in [4.78, 5) is 13.4. The number of amides is 2. The van der Waals surface area contributed by atoms with Gasteiger partial charge in [0.25, 0.3) is 0 Å². The van der Waals surface area contributed by atoms with Crippen molar-refractivity contribution in [1.29, 1.82) is 0 Å². The lowest BCUT2D eigenvalue weighted by Gasteiger charge is -2.25. The Hall–Kier alpha value is -2.69. The number of hydrogen-bond donors (Lipinski definition) is 2. The highest BCUT2D eigenvalue weighted by molar-refractivity contribution is 6.32. The lowest BCUT2D eigenvalue weighted by molar-refractivity contribution is 0.236. The molecule has 0 heterocycles. The minimum atomic E-state index is -0.497. The van der Waals surface area contributed by atoms with Crippen molar-refractivity contribution in [2.75, 3.05) is 0 Å². The van der Waals surface area contributed by atoms with Crippen LogP contribution >= 0.6 is 46.4 Å². The zero-order chi connectivity index (χ0) is 24.1. The molecule has 4 rings (SSSR count). The summed E-state index contributed by atoms with van der Waals surface area (Å²) in [5.74, 6) is 0. The predicted octanol–water partition coefficient (Wildman–Crippen LogP) is 8.48. The van der Waals surface area contributed by atoms with Gasteiger partial charge in [0, 0.05) is 20.1 Å². The molecular weight excluding hydrogens is 510 g/mol. The first-order chi connectivity index (χ1) is 16.4. The second-order valence-electron chi connectivity index (χ2n) is 7.63. The monoisotopic (exact) mass is 528 g/mol. The summed E-state index contributed by atoms with van der Waals surface area (Å²) < 4.78 is 0. The van der Waals surface area contributed by atoms with Crippen molar-refractivity contribution < 1.29 is 4.79 Å². The van der Waals surface area contributed by atoms with Crippen molar-refractivity contribution in [3.63, 3.8) is 0 Å². The maximum Gasteiger partial charge on any atom is 0.316 e. The van der Waals surface area contributed by atoms with E-state index in [2.05, 4.69) is 10.6 Å². The molecule has 7 heteroatoms. The van der Waals surface area contributed by atoms with Crippen LogP contribution in [0.3, 0.4) is 0 Å². The fourth-order valence-corrected chi connectivity index (χ4v) is 4.46. The number of carbonyl (C=O) groups excluding carboxylic acids is 1. The average Bonchev–Trinajstić information content (AvgIpc) is 2.83. The van der Waals surface area contributed by atoms with Gasteiger partial charge in [-0.15, -0.1) is 0 Å². The van der Waals surface area contributed by atoms with Crippen LogP contribution in [0.1, 0.15) is 34.3 Å². The number of benzene rings is 4. The van der Waals surface area contributed by atoms with Gasteiger partial charge in [-0.2, -0.15) is 0 Å². The van der Waals surface area contributed by atoms with Gasteiger partial charge in [0.2, 0.25) is 0 Å². The second-order valence-corrected chi connectivity index (χ2v) is 9.32. The predicted molar refractivity (Wildman–Crippen MR) is 141 cm³/mol. The molecule has 3 nitrogen and oxygen atoms in total. The fourth-order valence-electron chi connectivity index (χ4n) is 3.71. The molecule has 2 atom stereocenters. The average molecular weight is 530 g/mol. The fraction of sp³-hybridized carbons (Fsp3) is 0.0741. The molecule has 0 bridgehead atoms. The van der Waals surface area contributed by atoms with Crippen LogP contribution in [-0.2, 0) is 0 Å². The van der Waals surface area contributed by atoms with E-state index in [9.17, 15) is 4.79 Å². The third-order valence-corrected chi connectivity index (χ3v) is 6.58. The number of nitrogens with one attached hydrogen (secondary N) is 2. The number of hydrogen-bond acceptors (Lipinski definition) is 1. The Balaban J connectivity index is 1.67. The SMILES string of the molecule is O=C(N[C@@H](c1ccc(Cl)cc1)c1ccccc1Cl)N[C@@H](c1ccc(Cl)cc1)c1ccccc1Cl. The van der Waals surface area contributed by atoms with Gasteiger partial charge >= 0.3 is 6.03 Å². The molecule has 0 aliphatic rings. The van der Waals surface area contributed by atoms with Crippen LogP contribution in [-0.4, -0.2) is 6.03 Å². The van der Waals surface area contributed by atoms with E-state index in [1.165, 1.54) is 0 Å². The molecule has 0 saturated heterocycles. The van der Waals surface area contributed by atoms with Crippen LogP contribution in [0.4, 0.5) is 4.79 Å². The Morgan fingerprint density at radius 2 is 0.882 bits per heavy atom. The summed E-state index contributed by atoms with van der Waals surface area (Å²) in [7, 11) is 0. The van der Waals surface area contributed by atoms with Crippen molar-refractivity contribution in [3.8, 4) is 0 Å². The number of carbonyl (C=O) groups is 1. The van der Waals surface area contributed by atoms with E-state index in [0.29, 0.717) is 20.1 Å². The molecule has 0 fully saturated rings. The van der Waals surface area contributed by atoms with E-state index >= 15 is 0 Å². The largest absolute Gasteiger partial charge is 0.327 e. The van der Waals surface area contributed by atoms with E-state index in [-0.39, 0.29) is 6.03 Å². The lowest BCUT2D eigenvalue weighted by Crippen LogP contribution is -2.40. The molecule has 0 unspecified atom stereocenters. The molecule has 4 aromatic carbocycles. The van der Waals surface area contributed by atoms with Gasteiger partial charge in [-0.25, -0.2) is 4.79 Å². The molecule has 172 valence electrons. The molecule has 2 amide bonds. The van der Waals surface area contributed by atoms with Crippen LogP contribution in [0.2, 0.25) is 20.1 Å². The number of rotatable bonds is 6. The van der Waals surface area contributed by atoms with Gasteiger partial charge < -0.3 is 10.6 Å². The maximum atomic E-state index is 13.4. The summed E-state index contributed by atoms with van der Waals surface area (Å²) in [5, 5.41) is 8.43. The summed E-state index contributed by atoms with van der Waals surface area (Å²) >= 11 is 25.1. The van der Waals surface area contributed by atoms with Gasteiger partial charge in [-0.05, 0) is 58.7 Å². The van der Waals surface area contributed by atoms with E-state index in [0.717, 1.165) is 22.3 Å². The van der Waals surface area contributed by atoms with Crippen molar-refractivity contribution in [2.24, 2.45) is 0 Å². The Bertz CT molecular complexity index is 1180. The van der Waals surface area contributed by atoms with E-state index in [1.807, 2.05) is 60.7 Å². The molecule has 4 aromatic rings. The van der Waals surface area contributed by atoms with E-state index < -0.39 is 12.1 Å². The van der Waals surface area contributed by atoms with Crippen molar-refractivity contribution in [2.45, 2.75) is 12.1 Å². The highest BCUT2D eigenvalue weighted by Gasteiger charge is 2.23. The third-order valence-electron chi connectivity index (χ3n) is 5.39. The number of halogens is 4. The van der Waals surface area contributed by atoms with Crippen LogP contribution in [0, 0.1) is 0 Å². The first-order valence-electron chi connectivity index (χ1n) is 10.5. The molecule has 34 heavy (non-hydrogen) atoms. The maximum absolute atomic E-state index is 13.4. The summed E-state index contributed by atoms with van der Waals surface area (Å²) in [6.45, 7) is 0. The van der Waals surface area contributed by atoms with E-state index in [4.69, 9.17) is 46.4 Å². The third kappa shape index (κ3) is 5.86. The lowest BCUT2D eigenvalue weighted by atomic mass is 9.98. The molecular formula is C27H20Cl4N2O. The van der Waals surface area contributed by atoms with Crippen molar-refractivity contribution >= 4 is 52.4 Å². The van der Waals surface area contributed by atoms with Gasteiger partial charge in [0.05, 0.1) is 12.1 Å². The summed E-state index contributed by atoms with van der Waals surface area (Å²) in [6.07, 6.45) is 0. The van der Waals surface area contributed by atoms with Crippen LogP contribution in [0.15, 0.2) is 97.1 Å². The van der Waals surface area contributed by atoms with Crippen molar-refractivity contribution in [3.05, 3.63) is 139 Å². The number of urea groups is 1. The molecule has 0 radical (unpaired) electrons. The highest BCUT2D eigenvalue weighted by Crippen LogP contribution is 2.31. The summed E-state index contributed by atoms with van der Waals surface area (Å²) in [5.41, 5.74) is 3.21. The zero-order valence-corrected chi connectivity index (χ0v) is 20.8. The minimum Gasteiger partial charge on any atom is -0.327 e. The Morgan fingerprint density at radius 1 is 0.529 bits per heavy atom. The van der Waals surface area contributed by atoms with Gasteiger partial charge in [-0.1, -0.05) is 107 Å². The molecule has 0 aliphatic carbocycles. The highest BCUT2D eigenvalue weighted by atomic mass is 35.5. The van der Waals surface area contributed by atoms with Crippen LogP contribution in [0.25, 0.3) is 0 Å². The standard InChI is InChI=1S/C27H20Cl4N2O/c28-19-13-9-17(10-14-19)25(21-5-1-3-7-23(21)30)32-27(34)33-26(18-11-15-20(29)16-12-18)22-6-2-4-8-24(22)31/h1-16,25-26H,(H2,32,33,34)/t25-,26-/m0/s1. The molecule has 0 spiro atoms. The van der Waals surface area contributed by atoms with Crippen molar-refractivity contribution in [1.82, 2.24) is 10.6 Å². The Morgan fingerprint density at radius 3 is 1.24 bits per heavy atom. The smallest absolute Gasteiger partial charge is 0.316 e. The van der Waals surface area contributed by atoms with Crippen LogP contribution in [0.5, 0.6) is 0 Å². The zero-order valence-electron chi connectivity index (χ0n) is 17.8. The Kier molecular flexibility index (Phi) is 8.02. The normalized spacial score (nSPS) is 12.6. The van der Waals surface area contributed by atoms with Gasteiger partial charge in [0.15, 0.2) is 0 Å². The minimum absolute atomic E-state index is 0.389.